The average Bonchev–Trinajstić information content (AvgIpc) is 3.19. The van der Waals surface area contributed by atoms with E-state index in [4.69, 9.17) is 0 Å². The van der Waals surface area contributed by atoms with Gasteiger partial charge in [0, 0.05) is 21.5 Å². The molecule has 0 spiro atoms. The number of amides is 1. The van der Waals surface area contributed by atoms with Gasteiger partial charge in [-0.3, -0.25) is 14.9 Å². The van der Waals surface area contributed by atoms with Crippen LogP contribution in [0.1, 0.15) is 6.42 Å². The Hall–Kier alpha value is -1.73. The van der Waals surface area contributed by atoms with Crippen molar-refractivity contribution in [3.05, 3.63) is 32.8 Å². The van der Waals surface area contributed by atoms with Crippen LogP contribution in [-0.2, 0) is 24.8 Å². The van der Waals surface area contributed by atoms with Gasteiger partial charge in [0.15, 0.2) is 0 Å². The lowest BCUT2D eigenvalue weighted by Gasteiger charge is -2.21. The topological polar surface area (TPSA) is 144 Å². The molecule has 1 saturated carbocycles. The van der Waals surface area contributed by atoms with Crippen molar-refractivity contribution in [1.29, 1.82) is 0 Å². The van der Waals surface area contributed by atoms with Crippen LogP contribution in [-0.4, -0.2) is 46.2 Å². The van der Waals surface area contributed by atoms with Gasteiger partial charge >= 0.3 is 0 Å². The van der Waals surface area contributed by atoms with E-state index in [0.29, 0.717) is 0 Å². The lowest BCUT2D eigenvalue weighted by molar-refractivity contribution is -0.497. The Morgan fingerprint density at radius 3 is 2.24 bits per heavy atom. The number of sulfonamides is 2. The van der Waals surface area contributed by atoms with Crippen molar-refractivity contribution in [3.8, 4) is 0 Å². The molecule has 1 aromatic carbocycles. The summed E-state index contributed by atoms with van der Waals surface area (Å²) >= 11 is 3.08. The number of benzene rings is 1. The molecule has 0 heterocycles. The SMILES string of the molecule is CS(=O)(=O)N(c1ccc(NC(=O)C2CC2[N+](=O)[O-])cc1Br)S(C)(=O)=O. The van der Waals surface area contributed by atoms with Crippen molar-refractivity contribution in [1.82, 2.24) is 0 Å². The molecule has 13 heteroatoms. The van der Waals surface area contributed by atoms with Gasteiger partial charge in [-0.25, -0.2) is 16.8 Å². The van der Waals surface area contributed by atoms with Crippen molar-refractivity contribution < 1.29 is 26.6 Å². The van der Waals surface area contributed by atoms with Crippen LogP contribution in [0, 0.1) is 16.0 Å². The van der Waals surface area contributed by atoms with Crippen molar-refractivity contribution in [2.75, 3.05) is 21.5 Å². The zero-order valence-electron chi connectivity index (χ0n) is 13.0. The predicted octanol–water partition coefficient (Wildman–Crippen LogP) is 0.778. The highest BCUT2D eigenvalue weighted by molar-refractivity contribution is 9.10. The maximum atomic E-state index is 11.9. The number of nitro groups is 1. The molecule has 2 unspecified atom stereocenters. The number of hydrogen-bond acceptors (Lipinski definition) is 7. The Morgan fingerprint density at radius 2 is 1.84 bits per heavy atom. The molecule has 2 rings (SSSR count). The van der Waals surface area contributed by atoms with Crippen molar-refractivity contribution >= 4 is 53.3 Å². The molecule has 1 aliphatic rings. The molecule has 1 aromatic rings. The summed E-state index contributed by atoms with van der Waals surface area (Å²) in [4.78, 5) is 22.0. The Labute approximate surface area is 152 Å². The number of nitrogens with one attached hydrogen (secondary N) is 1. The summed E-state index contributed by atoms with van der Waals surface area (Å²) in [6.45, 7) is 0. The molecule has 1 amide bonds. The molecular formula is C12H14BrN3O7S2. The molecule has 0 aliphatic heterocycles. The first-order chi connectivity index (χ1) is 11.3. The highest BCUT2D eigenvalue weighted by atomic mass is 79.9. The quantitative estimate of drug-likeness (QED) is 0.492. The molecule has 0 saturated heterocycles. The third-order valence-electron chi connectivity index (χ3n) is 3.38. The fraction of sp³-hybridized carbons (Fsp3) is 0.417. The van der Waals surface area contributed by atoms with Gasteiger partial charge in [0.25, 0.3) is 0 Å². The zero-order chi connectivity index (χ0) is 19.2. The molecule has 2 atom stereocenters. The van der Waals surface area contributed by atoms with Gasteiger partial charge in [-0.15, -0.1) is 0 Å². The Balaban J connectivity index is 2.26. The van der Waals surface area contributed by atoms with Crippen LogP contribution in [0.4, 0.5) is 11.4 Å². The number of anilines is 2. The van der Waals surface area contributed by atoms with Gasteiger partial charge in [-0.05, 0) is 34.1 Å². The highest BCUT2D eigenvalue weighted by Gasteiger charge is 2.53. The highest BCUT2D eigenvalue weighted by Crippen LogP contribution is 2.36. The molecule has 0 radical (unpaired) electrons. The van der Waals surface area contributed by atoms with E-state index >= 15 is 0 Å². The van der Waals surface area contributed by atoms with Crippen LogP contribution < -0.4 is 9.03 Å². The Kier molecular flexibility index (Phi) is 5.12. The number of rotatable bonds is 6. The number of carbonyl (C=O) groups excluding carboxylic acids is 1. The van der Waals surface area contributed by atoms with Crippen LogP contribution in [0.5, 0.6) is 0 Å². The van der Waals surface area contributed by atoms with Crippen molar-refractivity contribution in [2.45, 2.75) is 12.5 Å². The summed E-state index contributed by atoms with van der Waals surface area (Å²) in [5, 5.41) is 13.1. The second-order valence-corrected chi connectivity index (χ2v) is 10.3. The predicted molar refractivity (Wildman–Crippen MR) is 93.8 cm³/mol. The van der Waals surface area contributed by atoms with Crippen LogP contribution in [0.2, 0.25) is 0 Å². The van der Waals surface area contributed by atoms with Gasteiger partial charge in [0.05, 0.1) is 18.2 Å². The zero-order valence-corrected chi connectivity index (χ0v) is 16.3. The van der Waals surface area contributed by atoms with E-state index in [0.717, 1.165) is 12.5 Å². The van der Waals surface area contributed by atoms with Crippen LogP contribution in [0.15, 0.2) is 22.7 Å². The van der Waals surface area contributed by atoms with Gasteiger partial charge in [0.1, 0.15) is 5.92 Å². The van der Waals surface area contributed by atoms with E-state index in [2.05, 4.69) is 21.2 Å². The molecule has 0 bridgehead atoms. The van der Waals surface area contributed by atoms with Gasteiger partial charge < -0.3 is 5.32 Å². The van der Waals surface area contributed by atoms with Gasteiger partial charge in [-0.2, -0.15) is 3.71 Å². The molecule has 0 aromatic heterocycles. The summed E-state index contributed by atoms with van der Waals surface area (Å²) in [6, 6.07) is 2.94. The molecule has 1 fully saturated rings. The van der Waals surface area contributed by atoms with Crippen LogP contribution >= 0.6 is 15.9 Å². The first-order valence-electron chi connectivity index (χ1n) is 6.76. The fourth-order valence-corrected chi connectivity index (χ4v) is 6.06. The average molecular weight is 456 g/mol. The smallest absolute Gasteiger partial charge is 0.245 e. The van der Waals surface area contributed by atoms with Gasteiger partial charge in [0.2, 0.25) is 32.0 Å². The van der Waals surface area contributed by atoms with Crippen molar-refractivity contribution in [3.63, 3.8) is 0 Å². The summed E-state index contributed by atoms with van der Waals surface area (Å²) in [6.07, 6.45) is 1.66. The first kappa shape index (κ1) is 19.6. The lowest BCUT2D eigenvalue weighted by atomic mass is 10.2. The summed E-state index contributed by atoms with van der Waals surface area (Å²) in [5.41, 5.74) is 0.106. The van der Waals surface area contributed by atoms with E-state index in [1.54, 1.807) is 0 Å². The standard InChI is InChI=1S/C12H14BrN3O7S2/c1-24(20,21)16(25(2,22)23)10-4-3-7(5-9(10)13)14-12(17)8-6-11(8)15(18)19/h3-5,8,11H,6H2,1-2H3,(H,14,17). The van der Waals surface area contributed by atoms with Crippen molar-refractivity contribution in [2.24, 2.45) is 5.92 Å². The molecular weight excluding hydrogens is 442 g/mol. The second-order valence-electron chi connectivity index (χ2n) is 5.57. The Bertz CT molecular complexity index is 913. The van der Waals surface area contributed by atoms with E-state index in [1.165, 1.54) is 18.2 Å². The minimum atomic E-state index is -4.10. The first-order valence-corrected chi connectivity index (χ1v) is 11.3. The summed E-state index contributed by atoms with van der Waals surface area (Å²) in [5.74, 6) is -1.23. The van der Waals surface area contributed by atoms with Crippen LogP contribution in [0.3, 0.4) is 0 Å². The van der Waals surface area contributed by atoms with E-state index < -0.39 is 42.8 Å². The summed E-state index contributed by atoms with van der Waals surface area (Å²) in [7, 11) is -8.20. The number of hydrogen-bond donors (Lipinski definition) is 1. The molecule has 1 N–H and O–H groups in total. The summed E-state index contributed by atoms with van der Waals surface area (Å²) < 4.78 is 47.5. The fourth-order valence-electron chi connectivity index (χ4n) is 2.27. The minimum absolute atomic E-state index is 0.114. The van der Waals surface area contributed by atoms with E-state index in [-0.39, 0.29) is 26.0 Å². The third kappa shape index (κ3) is 4.46. The van der Waals surface area contributed by atoms with Crippen LogP contribution in [0.25, 0.3) is 0 Å². The molecule has 25 heavy (non-hydrogen) atoms. The lowest BCUT2D eigenvalue weighted by Crippen LogP contribution is -2.35. The third-order valence-corrected chi connectivity index (χ3v) is 7.24. The van der Waals surface area contributed by atoms with E-state index in [1.807, 2.05) is 0 Å². The minimum Gasteiger partial charge on any atom is -0.326 e. The number of halogens is 1. The number of carbonyl (C=O) groups is 1. The Morgan fingerprint density at radius 1 is 1.28 bits per heavy atom. The maximum absolute atomic E-state index is 11.9. The normalized spacial score (nSPS) is 20.0. The monoisotopic (exact) mass is 455 g/mol. The van der Waals surface area contributed by atoms with Gasteiger partial charge in [-0.1, -0.05) is 0 Å². The largest absolute Gasteiger partial charge is 0.326 e. The van der Waals surface area contributed by atoms with E-state index in [9.17, 15) is 31.7 Å². The second kappa shape index (κ2) is 6.53. The number of nitrogens with zero attached hydrogens (tertiary/aromatic N) is 2. The molecule has 10 nitrogen and oxygen atoms in total. The molecule has 138 valence electrons. The molecule has 1 aliphatic carbocycles. The maximum Gasteiger partial charge on any atom is 0.245 e.